The number of alkyl halides is 1. The van der Waals surface area contributed by atoms with Gasteiger partial charge in [0.15, 0.2) is 16.3 Å². The lowest BCUT2D eigenvalue weighted by Gasteiger charge is -2.17. The van der Waals surface area contributed by atoms with Gasteiger partial charge in [-0.15, -0.1) is 11.6 Å². The van der Waals surface area contributed by atoms with Gasteiger partial charge in [-0.2, -0.15) is 11.8 Å². The Morgan fingerprint density at radius 3 is 2.58 bits per heavy atom. The zero-order chi connectivity index (χ0) is 14.3. The Balaban J connectivity index is 2.32. The third kappa shape index (κ3) is 5.63. The van der Waals surface area contributed by atoms with Gasteiger partial charge in [0.25, 0.3) is 0 Å². The lowest BCUT2D eigenvalue weighted by atomic mass is 10.1. The first kappa shape index (κ1) is 16.7. The Bertz CT molecular complexity index is 409. The molecule has 1 atom stereocenters. The molecule has 1 unspecified atom stereocenters. The molecule has 0 spiro atoms. The average Bonchev–Trinajstić information content (AvgIpc) is 2.43. The summed E-state index contributed by atoms with van der Waals surface area (Å²) in [4.78, 5) is 10.4. The molecule has 0 heterocycles. The SMILES string of the molecule is COc1ccc(CSCCC(C)(Cl)C(=O)OBr)cc1. The van der Waals surface area contributed by atoms with Crippen molar-refractivity contribution in [2.24, 2.45) is 0 Å². The van der Waals surface area contributed by atoms with E-state index >= 15 is 0 Å². The highest BCUT2D eigenvalue weighted by Gasteiger charge is 2.31. The standard InChI is InChI=1S/C13H16BrClO3S/c1-13(15,12(16)18-14)7-8-19-9-10-3-5-11(17-2)6-4-10/h3-6H,7-9H2,1-2H3. The molecule has 6 heteroatoms. The molecule has 1 rings (SSSR count). The van der Waals surface area contributed by atoms with Crippen LogP contribution in [0.2, 0.25) is 0 Å². The van der Waals surface area contributed by atoms with Crippen molar-refractivity contribution < 1.29 is 13.4 Å². The number of hydrogen-bond donors (Lipinski definition) is 0. The van der Waals surface area contributed by atoms with E-state index in [1.54, 1.807) is 25.8 Å². The third-order valence-corrected chi connectivity index (χ3v) is 4.31. The predicted molar refractivity (Wildman–Crippen MR) is 83.1 cm³/mol. The molecule has 0 aliphatic carbocycles. The average molecular weight is 368 g/mol. The first-order valence-corrected chi connectivity index (χ1v) is 7.90. The fraction of sp³-hybridized carbons (Fsp3) is 0.462. The Hall–Kier alpha value is -0.390. The van der Waals surface area contributed by atoms with Crippen molar-refractivity contribution in [1.29, 1.82) is 0 Å². The maximum absolute atomic E-state index is 11.3. The van der Waals surface area contributed by atoms with Crippen LogP contribution in [0.4, 0.5) is 0 Å². The summed E-state index contributed by atoms with van der Waals surface area (Å²) in [7, 11) is 1.65. The molecule has 0 saturated heterocycles. The molecule has 0 aromatic heterocycles. The zero-order valence-corrected chi connectivity index (χ0v) is 14.0. The van der Waals surface area contributed by atoms with E-state index in [9.17, 15) is 4.79 Å². The monoisotopic (exact) mass is 366 g/mol. The number of hydrogen-bond acceptors (Lipinski definition) is 4. The first-order chi connectivity index (χ1) is 8.99. The van der Waals surface area contributed by atoms with E-state index in [2.05, 4.69) is 20.1 Å². The highest BCUT2D eigenvalue weighted by Crippen LogP contribution is 2.25. The summed E-state index contributed by atoms with van der Waals surface area (Å²) in [6, 6.07) is 7.92. The molecule has 0 bridgehead atoms. The van der Waals surface area contributed by atoms with Gasteiger partial charge >= 0.3 is 5.97 Å². The number of thioether (sulfide) groups is 1. The minimum atomic E-state index is -0.976. The van der Waals surface area contributed by atoms with E-state index in [-0.39, 0.29) is 0 Å². The largest absolute Gasteiger partial charge is 0.497 e. The molecule has 3 nitrogen and oxygen atoms in total. The quantitative estimate of drug-likeness (QED) is 0.535. The minimum absolute atomic E-state index is 0.459. The molecule has 19 heavy (non-hydrogen) atoms. The van der Waals surface area contributed by atoms with E-state index in [1.165, 1.54) is 5.56 Å². The molecule has 106 valence electrons. The fourth-order valence-electron chi connectivity index (χ4n) is 1.36. The Kier molecular flexibility index (Phi) is 7.04. The van der Waals surface area contributed by atoms with E-state index in [0.29, 0.717) is 6.42 Å². The molecular weight excluding hydrogens is 352 g/mol. The zero-order valence-electron chi connectivity index (χ0n) is 10.8. The number of carbonyl (C=O) groups is 1. The fourth-order valence-corrected chi connectivity index (χ4v) is 3.18. The lowest BCUT2D eigenvalue weighted by Crippen LogP contribution is -2.29. The van der Waals surface area contributed by atoms with Gasteiger partial charge in [-0.05, 0) is 36.8 Å². The molecule has 0 saturated carbocycles. The lowest BCUT2D eigenvalue weighted by molar-refractivity contribution is -0.134. The van der Waals surface area contributed by atoms with Crippen LogP contribution in [0, 0.1) is 0 Å². The molecular formula is C13H16BrClO3S. The number of ether oxygens (including phenoxy) is 1. The van der Waals surface area contributed by atoms with Gasteiger partial charge in [0.05, 0.1) is 7.11 Å². The van der Waals surface area contributed by atoms with Gasteiger partial charge in [-0.25, -0.2) is 4.79 Å². The second kappa shape index (κ2) is 8.02. The first-order valence-electron chi connectivity index (χ1n) is 5.72. The highest BCUT2D eigenvalue weighted by molar-refractivity contribution is 9.06. The molecule has 0 aliphatic heterocycles. The molecule has 1 aromatic rings. The maximum atomic E-state index is 11.3. The van der Waals surface area contributed by atoms with Crippen molar-refractivity contribution in [3.63, 3.8) is 0 Å². The summed E-state index contributed by atoms with van der Waals surface area (Å²) in [5, 5.41) is 0. The van der Waals surface area contributed by atoms with Crippen molar-refractivity contribution in [3.05, 3.63) is 29.8 Å². The van der Waals surface area contributed by atoms with Crippen LogP contribution >= 0.6 is 39.6 Å². The van der Waals surface area contributed by atoms with Gasteiger partial charge in [-0.1, -0.05) is 12.1 Å². The third-order valence-electron chi connectivity index (χ3n) is 2.64. The number of rotatable bonds is 7. The Labute approximate surface area is 131 Å². The predicted octanol–water partition coefficient (Wildman–Crippen LogP) is 4.17. The number of halogens is 2. The smallest absolute Gasteiger partial charge is 0.338 e. The van der Waals surface area contributed by atoms with Crippen LogP contribution in [0.25, 0.3) is 0 Å². The van der Waals surface area contributed by atoms with Crippen LogP contribution < -0.4 is 4.74 Å². The second-order valence-electron chi connectivity index (χ2n) is 4.21. The Morgan fingerprint density at radius 2 is 2.05 bits per heavy atom. The van der Waals surface area contributed by atoms with Crippen molar-refractivity contribution in [1.82, 2.24) is 0 Å². The van der Waals surface area contributed by atoms with Crippen LogP contribution in [0.5, 0.6) is 5.75 Å². The highest BCUT2D eigenvalue weighted by atomic mass is 79.9. The van der Waals surface area contributed by atoms with E-state index < -0.39 is 10.8 Å². The van der Waals surface area contributed by atoms with E-state index in [1.807, 2.05) is 24.3 Å². The van der Waals surface area contributed by atoms with Gasteiger partial charge in [0.2, 0.25) is 0 Å². The molecule has 0 fully saturated rings. The molecule has 0 radical (unpaired) electrons. The van der Waals surface area contributed by atoms with Crippen LogP contribution in [-0.2, 0) is 14.4 Å². The molecule has 1 aromatic carbocycles. The number of carbonyl (C=O) groups excluding carboxylic acids is 1. The van der Waals surface area contributed by atoms with Crippen molar-refractivity contribution in [2.45, 2.75) is 24.0 Å². The van der Waals surface area contributed by atoms with Gasteiger partial charge < -0.3 is 8.57 Å². The molecule has 0 N–H and O–H groups in total. The van der Waals surface area contributed by atoms with Crippen LogP contribution in [-0.4, -0.2) is 23.7 Å². The topological polar surface area (TPSA) is 35.5 Å². The maximum Gasteiger partial charge on any atom is 0.338 e. The minimum Gasteiger partial charge on any atom is -0.497 e. The van der Waals surface area contributed by atoms with Crippen LogP contribution in [0.15, 0.2) is 24.3 Å². The van der Waals surface area contributed by atoms with E-state index in [0.717, 1.165) is 17.3 Å². The summed E-state index contributed by atoms with van der Waals surface area (Å²) < 4.78 is 9.57. The summed E-state index contributed by atoms with van der Waals surface area (Å²) in [6.07, 6.45) is 0.555. The van der Waals surface area contributed by atoms with E-state index in [4.69, 9.17) is 16.3 Å². The van der Waals surface area contributed by atoms with Crippen molar-refractivity contribution in [3.8, 4) is 5.75 Å². The van der Waals surface area contributed by atoms with Gasteiger partial charge in [0.1, 0.15) is 10.6 Å². The summed E-state index contributed by atoms with van der Waals surface area (Å²) in [5.74, 6) is 2.05. The van der Waals surface area contributed by atoms with Gasteiger partial charge in [-0.3, -0.25) is 0 Å². The van der Waals surface area contributed by atoms with Crippen molar-refractivity contribution >= 4 is 45.6 Å². The summed E-state index contributed by atoms with van der Waals surface area (Å²) in [5.41, 5.74) is 1.21. The summed E-state index contributed by atoms with van der Waals surface area (Å²) >= 11 is 10.5. The van der Waals surface area contributed by atoms with Crippen molar-refractivity contribution in [2.75, 3.05) is 12.9 Å². The number of benzene rings is 1. The van der Waals surface area contributed by atoms with Crippen LogP contribution in [0.1, 0.15) is 18.9 Å². The summed E-state index contributed by atoms with van der Waals surface area (Å²) in [6.45, 7) is 1.66. The second-order valence-corrected chi connectivity index (χ2v) is 6.48. The van der Waals surface area contributed by atoms with Gasteiger partial charge in [0, 0.05) is 5.75 Å². The molecule has 0 amide bonds. The number of methoxy groups -OCH3 is 1. The van der Waals surface area contributed by atoms with Crippen LogP contribution in [0.3, 0.4) is 0 Å². The molecule has 0 aliphatic rings. The normalized spacial score (nSPS) is 13.7. The Morgan fingerprint density at radius 1 is 1.42 bits per heavy atom.